The number of nitrogens with zero attached hydrogens (tertiary/aromatic N) is 3. The number of hydrogen-bond acceptors (Lipinski definition) is 6. The number of anilines is 1. The molecule has 0 amide bonds. The molecule has 0 spiro atoms. The summed E-state index contributed by atoms with van der Waals surface area (Å²) in [6, 6.07) is 7.71. The molecule has 6 nitrogen and oxygen atoms in total. The SMILES string of the molecule is CN(CC(C)(CO)CO)c1ncnc2c1oc1ccccc12. The molecule has 0 saturated heterocycles. The lowest BCUT2D eigenvalue weighted by Crippen LogP contribution is -2.39. The predicted molar refractivity (Wildman–Crippen MR) is 84.9 cm³/mol. The minimum atomic E-state index is -0.613. The molecule has 6 heteroatoms. The molecule has 0 aliphatic carbocycles. The number of aliphatic hydroxyl groups is 2. The Morgan fingerprint density at radius 1 is 1.18 bits per heavy atom. The Hall–Kier alpha value is -2.18. The fourth-order valence-electron chi connectivity index (χ4n) is 2.58. The van der Waals surface area contributed by atoms with E-state index < -0.39 is 5.41 Å². The van der Waals surface area contributed by atoms with Gasteiger partial charge in [0.1, 0.15) is 17.4 Å². The first-order valence-corrected chi connectivity index (χ1v) is 7.13. The van der Waals surface area contributed by atoms with Crippen LogP contribution in [-0.4, -0.2) is 47.0 Å². The van der Waals surface area contributed by atoms with Crippen LogP contribution in [0.3, 0.4) is 0 Å². The van der Waals surface area contributed by atoms with Crippen molar-refractivity contribution in [1.82, 2.24) is 9.97 Å². The van der Waals surface area contributed by atoms with Gasteiger partial charge in [0.05, 0.1) is 13.2 Å². The molecule has 0 fully saturated rings. The van der Waals surface area contributed by atoms with Crippen molar-refractivity contribution in [3.63, 3.8) is 0 Å². The second kappa shape index (κ2) is 5.55. The van der Waals surface area contributed by atoms with Gasteiger partial charge in [0.15, 0.2) is 11.4 Å². The van der Waals surface area contributed by atoms with E-state index in [0.717, 1.165) is 16.5 Å². The van der Waals surface area contributed by atoms with E-state index in [1.165, 1.54) is 6.33 Å². The third kappa shape index (κ3) is 2.40. The molecule has 2 N–H and O–H groups in total. The Morgan fingerprint density at radius 2 is 1.91 bits per heavy atom. The quantitative estimate of drug-likeness (QED) is 0.748. The molecule has 2 aromatic heterocycles. The standard InChI is InChI=1S/C16H19N3O3/c1-16(8-20,9-21)7-19(2)15-14-13(17-10-18-15)11-5-3-4-6-12(11)22-14/h3-6,10,20-21H,7-9H2,1-2H3. The first kappa shape index (κ1) is 14.7. The molecule has 0 aliphatic rings. The van der Waals surface area contributed by atoms with Gasteiger partial charge in [-0.1, -0.05) is 19.1 Å². The molecule has 116 valence electrons. The van der Waals surface area contributed by atoms with Crippen LogP contribution in [0.5, 0.6) is 0 Å². The van der Waals surface area contributed by atoms with E-state index in [-0.39, 0.29) is 13.2 Å². The molecule has 0 unspecified atom stereocenters. The minimum absolute atomic E-state index is 0.109. The highest BCUT2D eigenvalue weighted by atomic mass is 16.3. The number of fused-ring (bicyclic) bond motifs is 3. The maximum Gasteiger partial charge on any atom is 0.196 e. The van der Waals surface area contributed by atoms with Crippen LogP contribution < -0.4 is 4.90 Å². The van der Waals surface area contributed by atoms with Crippen LogP contribution in [0.1, 0.15) is 6.92 Å². The summed E-state index contributed by atoms with van der Waals surface area (Å²) in [5.41, 5.74) is 1.53. The van der Waals surface area contributed by atoms with Crippen LogP contribution in [0, 0.1) is 5.41 Å². The number of furan rings is 1. The van der Waals surface area contributed by atoms with Crippen molar-refractivity contribution in [2.75, 3.05) is 31.7 Å². The highest BCUT2D eigenvalue weighted by Crippen LogP contribution is 2.32. The second-order valence-electron chi connectivity index (χ2n) is 5.96. The van der Waals surface area contributed by atoms with Crippen LogP contribution in [0.25, 0.3) is 22.1 Å². The van der Waals surface area contributed by atoms with Crippen molar-refractivity contribution in [1.29, 1.82) is 0 Å². The second-order valence-corrected chi connectivity index (χ2v) is 5.96. The molecule has 2 heterocycles. The highest BCUT2D eigenvalue weighted by Gasteiger charge is 2.26. The Morgan fingerprint density at radius 3 is 2.64 bits per heavy atom. The fourth-order valence-corrected chi connectivity index (χ4v) is 2.58. The van der Waals surface area contributed by atoms with Crippen molar-refractivity contribution in [2.45, 2.75) is 6.92 Å². The highest BCUT2D eigenvalue weighted by molar-refractivity contribution is 6.05. The molecular formula is C16H19N3O3. The summed E-state index contributed by atoms with van der Waals surface area (Å²) in [4.78, 5) is 10.5. The van der Waals surface area contributed by atoms with Gasteiger partial charge in [-0.15, -0.1) is 0 Å². The maximum absolute atomic E-state index is 9.47. The molecule has 3 aromatic rings. The van der Waals surface area contributed by atoms with Crippen molar-refractivity contribution >= 4 is 27.9 Å². The van der Waals surface area contributed by atoms with Crippen molar-refractivity contribution in [2.24, 2.45) is 5.41 Å². The van der Waals surface area contributed by atoms with Gasteiger partial charge in [0, 0.05) is 24.4 Å². The van der Waals surface area contributed by atoms with Crippen molar-refractivity contribution in [3.05, 3.63) is 30.6 Å². The monoisotopic (exact) mass is 301 g/mol. The van der Waals surface area contributed by atoms with Gasteiger partial charge >= 0.3 is 0 Å². The van der Waals surface area contributed by atoms with Gasteiger partial charge in [-0.3, -0.25) is 0 Å². The average Bonchev–Trinajstić information content (AvgIpc) is 2.93. The van der Waals surface area contributed by atoms with E-state index >= 15 is 0 Å². The van der Waals surface area contributed by atoms with Crippen molar-refractivity contribution in [3.8, 4) is 0 Å². The Balaban J connectivity index is 2.07. The van der Waals surface area contributed by atoms with Gasteiger partial charge < -0.3 is 19.5 Å². The maximum atomic E-state index is 9.47. The first-order chi connectivity index (χ1) is 10.6. The van der Waals surface area contributed by atoms with Crippen LogP contribution in [-0.2, 0) is 0 Å². The topological polar surface area (TPSA) is 82.6 Å². The van der Waals surface area contributed by atoms with Crippen LogP contribution in [0.15, 0.2) is 35.0 Å². The van der Waals surface area contributed by atoms with Gasteiger partial charge in [-0.25, -0.2) is 9.97 Å². The number of hydrogen-bond donors (Lipinski definition) is 2. The predicted octanol–water partition coefficient (Wildman–Crippen LogP) is 1.80. The summed E-state index contributed by atoms with van der Waals surface area (Å²) in [5, 5.41) is 19.9. The van der Waals surface area contributed by atoms with E-state index in [2.05, 4.69) is 9.97 Å². The van der Waals surface area contributed by atoms with Crippen LogP contribution >= 0.6 is 0 Å². The van der Waals surface area contributed by atoms with Crippen LogP contribution in [0.2, 0.25) is 0 Å². The summed E-state index contributed by atoms with van der Waals surface area (Å²) in [6.07, 6.45) is 1.51. The zero-order valence-corrected chi connectivity index (χ0v) is 12.7. The summed E-state index contributed by atoms with van der Waals surface area (Å²) < 4.78 is 5.89. The zero-order chi connectivity index (χ0) is 15.7. The third-order valence-corrected chi connectivity index (χ3v) is 3.88. The lowest BCUT2D eigenvalue weighted by molar-refractivity contribution is 0.0762. The summed E-state index contributed by atoms with van der Waals surface area (Å²) in [6.45, 7) is 2.05. The number of para-hydroxylation sites is 1. The van der Waals surface area contributed by atoms with Crippen LogP contribution in [0.4, 0.5) is 5.82 Å². The molecule has 0 atom stereocenters. The van der Waals surface area contributed by atoms with E-state index in [9.17, 15) is 10.2 Å². The molecule has 1 aromatic carbocycles. The summed E-state index contributed by atoms with van der Waals surface area (Å²) >= 11 is 0. The molecule has 22 heavy (non-hydrogen) atoms. The largest absolute Gasteiger partial charge is 0.450 e. The van der Waals surface area contributed by atoms with Gasteiger partial charge in [0.2, 0.25) is 0 Å². The minimum Gasteiger partial charge on any atom is -0.450 e. The normalized spacial score (nSPS) is 12.2. The molecular weight excluding hydrogens is 282 g/mol. The smallest absolute Gasteiger partial charge is 0.196 e. The van der Waals surface area contributed by atoms with Gasteiger partial charge in [-0.2, -0.15) is 0 Å². The number of rotatable bonds is 5. The summed E-state index contributed by atoms with van der Waals surface area (Å²) in [5.74, 6) is 0.648. The Bertz CT molecular complexity index is 796. The average molecular weight is 301 g/mol. The molecule has 0 radical (unpaired) electrons. The lowest BCUT2D eigenvalue weighted by Gasteiger charge is -2.30. The zero-order valence-electron chi connectivity index (χ0n) is 12.7. The molecule has 0 bridgehead atoms. The Labute approximate surface area is 128 Å². The summed E-state index contributed by atoms with van der Waals surface area (Å²) in [7, 11) is 1.86. The number of aromatic nitrogens is 2. The molecule has 0 aliphatic heterocycles. The fraction of sp³-hybridized carbons (Fsp3) is 0.375. The molecule has 0 saturated carbocycles. The lowest BCUT2D eigenvalue weighted by atomic mass is 9.92. The number of aliphatic hydroxyl groups excluding tert-OH is 2. The van der Waals surface area contributed by atoms with Gasteiger partial charge in [-0.05, 0) is 12.1 Å². The Kier molecular flexibility index (Phi) is 3.72. The van der Waals surface area contributed by atoms with Gasteiger partial charge in [0.25, 0.3) is 0 Å². The van der Waals surface area contributed by atoms with E-state index in [1.807, 2.05) is 43.1 Å². The van der Waals surface area contributed by atoms with E-state index in [4.69, 9.17) is 4.42 Å². The number of benzene rings is 1. The van der Waals surface area contributed by atoms with Crippen molar-refractivity contribution < 1.29 is 14.6 Å². The molecule has 3 rings (SSSR count). The first-order valence-electron chi connectivity index (χ1n) is 7.13. The van der Waals surface area contributed by atoms with E-state index in [1.54, 1.807) is 0 Å². The van der Waals surface area contributed by atoms with E-state index in [0.29, 0.717) is 17.9 Å². The third-order valence-electron chi connectivity index (χ3n) is 3.88.